The van der Waals surface area contributed by atoms with Crippen molar-refractivity contribution < 1.29 is 13.2 Å². The van der Waals surface area contributed by atoms with Gasteiger partial charge >= 0.3 is 0 Å². The Labute approximate surface area is 85.3 Å². The van der Waals surface area contributed by atoms with E-state index in [0.29, 0.717) is 19.7 Å². The maximum absolute atomic E-state index is 12.0. The molecule has 82 valence electrons. The SMILES string of the molecule is C[C@H]1CN(S(=O)(=O)C2CCC2)CCO1. The number of rotatable bonds is 2. The molecule has 0 amide bonds. The first-order chi connectivity index (χ1) is 6.60. The third kappa shape index (κ3) is 1.81. The molecule has 1 saturated carbocycles. The van der Waals surface area contributed by atoms with Crippen molar-refractivity contribution in [2.24, 2.45) is 0 Å². The van der Waals surface area contributed by atoms with Crippen LogP contribution in [0.5, 0.6) is 0 Å². The number of hydrogen-bond donors (Lipinski definition) is 0. The van der Waals surface area contributed by atoms with E-state index in [4.69, 9.17) is 4.74 Å². The zero-order chi connectivity index (χ0) is 10.2. The van der Waals surface area contributed by atoms with Crippen molar-refractivity contribution in [1.29, 1.82) is 0 Å². The van der Waals surface area contributed by atoms with Crippen LogP contribution in [-0.2, 0) is 14.8 Å². The van der Waals surface area contributed by atoms with Gasteiger partial charge in [0.15, 0.2) is 0 Å². The molecule has 0 aromatic rings. The highest BCUT2D eigenvalue weighted by atomic mass is 32.2. The summed E-state index contributed by atoms with van der Waals surface area (Å²) in [4.78, 5) is 0. The molecule has 5 heteroatoms. The van der Waals surface area contributed by atoms with Gasteiger partial charge in [-0.2, -0.15) is 4.31 Å². The van der Waals surface area contributed by atoms with Gasteiger partial charge < -0.3 is 4.74 Å². The molecule has 2 rings (SSSR count). The van der Waals surface area contributed by atoms with Crippen molar-refractivity contribution in [2.45, 2.75) is 37.5 Å². The van der Waals surface area contributed by atoms with Crippen LogP contribution in [0.1, 0.15) is 26.2 Å². The van der Waals surface area contributed by atoms with E-state index in [-0.39, 0.29) is 11.4 Å². The first-order valence-corrected chi connectivity index (χ1v) is 6.71. The molecule has 2 fully saturated rings. The lowest BCUT2D eigenvalue weighted by atomic mass is 10.0. The van der Waals surface area contributed by atoms with Gasteiger partial charge in [-0.1, -0.05) is 6.42 Å². The molecule has 4 nitrogen and oxygen atoms in total. The number of sulfonamides is 1. The van der Waals surface area contributed by atoms with Gasteiger partial charge in [0, 0.05) is 13.1 Å². The number of ether oxygens (including phenoxy) is 1. The normalized spacial score (nSPS) is 31.4. The molecule has 0 unspecified atom stereocenters. The van der Waals surface area contributed by atoms with Gasteiger partial charge in [-0.25, -0.2) is 8.42 Å². The summed E-state index contributed by atoms with van der Waals surface area (Å²) in [6, 6.07) is 0. The van der Waals surface area contributed by atoms with Crippen molar-refractivity contribution in [2.75, 3.05) is 19.7 Å². The van der Waals surface area contributed by atoms with Crippen LogP contribution in [0.2, 0.25) is 0 Å². The van der Waals surface area contributed by atoms with Crippen LogP contribution in [0.3, 0.4) is 0 Å². The van der Waals surface area contributed by atoms with Gasteiger partial charge in [-0.15, -0.1) is 0 Å². The minimum absolute atomic E-state index is 0.0404. The maximum Gasteiger partial charge on any atom is 0.217 e. The first-order valence-electron chi connectivity index (χ1n) is 5.21. The third-order valence-electron chi connectivity index (χ3n) is 3.04. The van der Waals surface area contributed by atoms with E-state index in [1.807, 2.05) is 6.92 Å². The van der Waals surface area contributed by atoms with Gasteiger partial charge in [0.2, 0.25) is 10.0 Å². The summed E-state index contributed by atoms with van der Waals surface area (Å²) in [5, 5.41) is -0.104. The van der Waals surface area contributed by atoms with Crippen LogP contribution in [0.4, 0.5) is 0 Å². The monoisotopic (exact) mass is 219 g/mol. The molecule has 1 aliphatic heterocycles. The molecule has 2 aliphatic rings. The largest absolute Gasteiger partial charge is 0.376 e. The Hall–Kier alpha value is -0.130. The average Bonchev–Trinajstić information content (AvgIpc) is 2.00. The van der Waals surface area contributed by atoms with Crippen LogP contribution in [0.15, 0.2) is 0 Å². The summed E-state index contributed by atoms with van der Waals surface area (Å²) in [5.74, 6) is 0. The van der Waals surface area contributed by atoms with Crippen LogP contribution in [0, 0.1) is 0 Å². The van der Waals surface area contributed by atoms with Crippen LogP contribution in [0.25, 0.3) is 0 Å². The topological polar surface area (TPSA) is 46.6 Å². The molecule has 0 aromatic carbocycles. The second-order valence-corrected chi connectivity index (χ2v) is 6.35. The quantitative estimate of drug-likeness (QED) is 0.683. The molecule has 1 heterocycles. The Kier molecular flexibility index (Phi) is 2.81. The Morgan fingerprint density at radius 1 is 1.36 bits per heavy atom. The Morgan fingerprint density at radius 2 is 2.07 bits per heavy atom. The Bertz CT molecular complexity index is 297. The minimum Gasteiger partial charge on any atom is -0.376 e. The molecular weight excluding hydrogens is 202 g/mol. The first kappa shape index (κ1) is 10.4. The number of nitrogens with zero attached hydrogens (tertiary/aromatic N) is 1. The van der Waals surface area contributed by atoms with E-state index >= 15 is 0 Å². The molecule has 0 radical (unpaired) electrons. The molecule has 0 N–H and O–H groups in total. The van der Waals surface area contributed by atoms with Gasteiger partial charge in [0.1, 0.15) is 0 Å². The lowest BCUT2D eigenvalue weighted by Gasteiger charge is -2.36. The molecular formula is C9H17NO3S. The van der Waals surface area contributed by atoms with Crippen LogP contribution >= 0.6 is 0 Å². The van der Waals surface area contributed by atoms with Crippen molar-refractivity contribution >= 4 is 10.0 Å². The predicted octanol–water partition coefficient (Wildman–Crippen LogP) is 0.589. The van der Waals surface area contributed by atoms with Gasteiger partial charge in [0.05, 0.1) is 18.0 Å². The number of hydrogen-bond acceptors (Lipinski definition) is 3. The van der Waals surface area contributed by atoms with Crippen molar-refractivity contribution in [3.05, 3.63) is 0 Å². The van der Waals surface area contributed by atoms with Crippen molar-refractivity contribution in [3.8, 4) is 0 Å². The maximum atomic E-state index is 12.0. The summed E-state index contributed by atoms with van der Waals surface area (Å²) >= 11 is 0. The van der Waals surface area contributed by atoms with E-state index in [0.717, 1.165) is 19.3 Å². The summed E-state index contributed by atoms with van der Waals surface area (Å²) in [5.41, 5.74) is 0. The third-order valence-corrected chi connectivity index (χ3v) is 5.40. The lowest BCUT2D eigenvalue weighted by Crippen LogP contribution is -2.49. The highest BCUT2D eigenvalue weighted by Gasteiger charge is 2.37. The fourth-order valence-electron chi connectivity index (χ4n) is 1.90. The van der Waals surface area contributed by atoms with Gasteiger partial charge in [-0.05, 0) is 19.8 Å². The summed E-state index contributed by atoms with van der Waals surface area (Å²) in [7, 11) is -3.00. The van der Waals surface area contributed by atoms with Gasteiger partial charge in [-0.3, -0.25) is 0 Å². The average molecular weight is 219 g/mol. The van der Waals surface area contributed by atoms with Crippen molar-refractivity contribution in [1.82, 2.24) is 4.31 Å². The Balaban J connectivity index is 2.05. The van der Waals surface area contributed by atoms with E-state index in [2.05, 4.69) is 0 Å². The highest BCUT2D eigenvalue weighted by molar-refractivity contribution is 7.89. The van der Waals surface area contributed by atoms with E-state index in [9.17, 15) is 8.42 Å². The highest BCUT2D eigenvalue weighted by Crippen LogP contribution is 2.29. The fourth-order valence-corrected chi connectivity index (χ4v) is 3.99. The molecule has 0 aromatic heterocycles. The van der Waals surface area contributed by atoms with E-state index in [1.165, 1.54) is 0 Å². The van der Waals surface area contributed by atoms with Crippen LogP contribution in [-0.4, -0.2) is 43.8 Å². The summed E-state index contributed by atoms with van der Waals surface area (Å²) in [6.45, 7) is 3.51. The standard InChI is InChI=1S/C9H17NO3S/c1-8-7-10(5-6-13-8)14(11,12)9-3-2-4-9/h8-9H,2-7H2,1H3/t8-/m0/s1. The molecule has 0 spiro atoms. The summed E-state index contributed by atoms with van der Waals surface area (Å²) < 4.78 is 30.9. The smallest absolute Gasteiger partial charge is 0.217 e. The molecule has 1 aliphatic carbocycles. The second-order valence-electron chi connectivity index (χ2n) is 4.14. The number of morpholine rings is 1. The molecule has 14 heavy (non-hydrogen) atoms. The second kappa shape index (κ2) is 3.79. The summed E-state index contributed by atoms with van der Waals surface area (Å²) in [6.07, 6.45) is 2.78. The van der Waals surface area contributed by atoms with Crippen LogP contribution < -0.4 is 0 Å². The zero-order valence-electron chi connectivity index (χ0n) is 8.48. The minimum atomic E-state index is -3.00. The van der Waals surface area contributed by atoms with E-state index < -0.39 is 10.0 Å². The van der Waals surface area contributed by atoms with E-state index in [1.54, 1.807) is 4.31 Å². The van der Waals surface area contributed by atoms with Crippen molar-refractivity contribution in [3.63, 3.8) is 0 Å². The predicted molar refractivity (Wildman–Crippen MR) is 53.5 cm³/mol. The zero-order valence-corrected chi connectivity index (χ0v) is 9.29. The molecule has 0 bridgehead atoms. The lowest BCUT2D eigenvalue weighted by molar-refractivity contribution is 0.00959. The Morgan fingerprint density at radius 3 is 2.57 bits per heavy atom. The fraction of sp³-hybridized carbons (Fsp3) is 1.00. The molecule has 1 saturated heterocycles. The van der Waals surface area contributed by atoms with Gasteiger partial charge in [0.25, 0.3) is 0 Å². The molecule has 1 atom stereocenters.